The molecule has 3 rings (SSSR count). The van der Waals surface area contributed by atoms with Crippen LogP contribution in [-0.2, 0) is 6.54 Å². The van der Waals surface area contributed by atoms with Gasteiger partial charge in [-0.2, -0.15) is 0 Å². The molecular formula is C11H13N3S. The zero-order valence-corrected chi connectivity index (χ0v) is 9.40. The molecule has 1 atom stereocenters. The molecule has 1 aliphatic heterocycles. The minimum absolute atomic E-state index is 0.505. The van der Waals surface area contributed by atoms with Crippen LogP contribution in [0.15, 0.2) is 18.2 Å². The second-order valence-electron chi connectivity index (χ2n) is 4.12. The van der Waals surface area contributed by atoms with Crippen LogP contribution in [0.4, 0.5) is 5.69 Å². The standard InChI is InChI=1S/C11H13N3S/c1-7-5-6-14-10-8(12-7)3-2-4-9(10)13-11(14)15/h2-4,7,12H,5-6H2,1H3,(H,13,15). The van der Waals surface area contributed by atoms with Crippen LogP contribution in [0.25, 0.3) is 11.0 Å². The number of aromatic nitrogens is 2. The number of anilines is 1. The number of aromatic amines is 1. The third-order valence-corrected chi connectivity index (χ3v) is 3.30. The Bertz CT molecular complexity index is 567. The summed E-state index contributed by atoms with van der Waals surface area (Å²) in [7, 11) is 0. The highest BCUT2D eigenvalue weighted by Crippen LogP contribution is 2.27. The minimum Gasteiger partial charge on any atom is -0.381 e. The summed E-state index contributed by atoms with van der Waals surface area (Å²) in [5.74, 6) is 0. The average molecular weight is 219 g/mol. The average Bonchev–Trinajstić information content (AvgIpc) is 2.40. The van der Waals surface area contributed by atoms with Gasteiger partial charge in [-0.3, -0.25) is 0 Å². The smallest absolute Gasteiger partial charge is 0.178 e. The Balaban J connectivity index is 2.39. The number of rotatable bonds is 0. The molecule has 0 fully saturated rings. The Hall–Kier alpha value is -1.29. The minimum atomic E-state index is 0.505. The molecule has 2 aromatic rings. The van der Waals surface area contributed by atoms with E-state index < -0.39 is 0 Å². The first-order valence-electron chi connectivity index (χ1n) is 5.24. The summed E-state index contributed by atoms with van der Waals surface area (Å²) in [4.78, 5) is 3.24. The predicted molar refractivity (Wildman–Crippen MR) is 64.8 cm³/mol. The number of nitrogens with one attached hydrogen (secondary N) is 2. The normalized spacial score (nSPS) is 19.9. The van der Waals surface area contributed by atoms with Gasteiger partial charge in [0.05, 0.1) is 16.7 Å². The van der Waals surface area contributed by atoms with E-state index in [1.807, 2.05) is 0 Å². The largest absolute Gasteiger partial charge is 0.381 e. The highest BCUT2D eigenvalue weighted by molar-refractivity contribution is 7.71. The number of aryl methyl sites for hydroxylation is 1. The van der Waals surface area contributed by atoms with Crippen molar-refractivity contribution in [3.8, 4) is 0 Å². The Labute approximate surface area is 93.1 Å². The van der Waals surface area contributed by atoms with Crippen molar-refractivity contribution in [3.63, 3.8) is 0 Å². The van der Waals surface area contributed by atoms with Gasteiger partial charge < -0.3 is 14.9 Å². The van der Waals surface area contributed by atoms with Crippen molar-refractivity contribution in [1.82, 2.24) is 9.55 Å². The first kappa shape index (κ1) is 8.97. The van der Waals surface area contributed by atoms with Crippen molar-refractivity contribution < 1.29 is 0 Å². The number of para-hydroxylation sites is 1. The lowest BCUT2D eigenvalue weighted by Gasteiger charge is -2.11. The molecule has 1 aromatic carbocycles. The molecule has 0 radical (unpaired) electrons. The lowest BCUT2D eigenvalue weighted by atomic mass is 10.2. The van der Waals surface area contributed by atoms with E-state index in [2.05, 4.69) is 40.0 Å². The van der Waals surface area contributed by atoms with Gasteiger partial charge in [0.2, 0.25) is 0 Å². The van der Waals surface area contributed by atoms with Crippen LogP contribution in [0.3, 0.4) is 0 Å². The first-order chi connectivity index (χ1) is 7.25. The summed E-state index contributed by atoms with van der Waals surface area (Å²) in [6.45, 7) is 3.20. The van der Waals surface area contributed by atoms with Gasteiger partial charge >= 0.3 is 0 Å². The monoisotopic (exact) mass is 219 g/mol. The first-order valence-corrected chi connectivity index (χ1v) is 5.64. The highest BCUT2D eigenvalue weighted by Gasteiger charge is 2.15. The number of nitrogens with zero attached hydrogens (tertiary/aromatic N) is 1. The van der Waals surface area contributed by atoms with Gasteiger partial charge in [0.25, 0.3) is 0 Å². The molecule has 2 heterocycles. The summed E-state index contributed by atoms with van der Waals surface area (Å²) in [6.07, 6.45) is 1.11. The SMILES string of the molecule is CC1CCn2c(=S)[nH]c3cccc(c32)N1. The Morgan fingerprint density at radius 2 is 2.33 bits per heavy atom. The van der Waals surface area contributed by atoms with E-state index in [1.54, 1.807) is 0 Å². The number of hydrogen-bond donors (Lipinski definition) is 2. The molecule has 15 heavy (non-hydrogen) atoms. The van der Waals surface area contributed by atoms with Crippen molar-refractivity contribution in [2.45, 2.75) is 25.9 Å². The van der Waals surface area contributed by atoms with Crippen LogP contribution >= 0.6 is 12.2 Å². The van der Waals surface area contributed by atoms with Crippen LogP contribution in [0.5, 0.6) is 0 Å². The van der Waals surface area contributed by atoms with Gasteiger partial charge in [-0.05, 0) is 37.7 Å². The van der Waals surface area contributed by atoms with E-state index in [0.29, 0.717) is 6.04 Å². The zero-order chi connectivity index (χ0) is 10.4. The van der Waals surface area contributed by atoms with E-state index >= 15 is 0 Å². The van der Waals surface area contributed by atoms with Gasteiger partial charge in [-0.25, -0.2) is 0 Å². The third kappa shape index (κ3) is 1.28. The fourth-order valence-corrected chi connectivity index (χ4v) is 2.50. The molecule has 2 N–H and O–H groups in total. The molecule has 1 aromatic heterocycles. The third-order valence-electron chi connectivity index (χ3n) is 2.98. The summed E-state index contributed by atoms with van der Waals surface area (Å²) < 4.78 is 3.02. The maximum atomic E-state index is 5.32. The summed E-state index contributed by atoms with van der Waals surface area (Å²) in [5.41, 5.74) is 3.52. The lowest BCUT2D eigenvalue weighted by Crippen LogP contribution is -2.14. The molecule has 0 spiro atoms. The molecule has 0 amide bonds. The Morgan fingerprint density at radius 1 is 1.47 bits per heavy atom. The molecule has 1 unspecified atom stereocenters. The van der Waals surface area contributed by atoms with Crippen molar-refractivity contribution in [3.05, 3.63) is 23.0 Å². The summed E-state index contributed by atoms with van der Waals surface area (Å²) >= 11 is 5.32. The molecule has 3 nitrogen and oxygen atoms in total. The molecule has 0 saturated carbocycles. The van der Waals surface area contributed by atoms with Crippen LogP contribution in [0.1, 0.15) is 13.3 Å². The fraction of sp³-hybridized carbons (Fsp3) is 0.364. The second-order valence-corrected chi connectivity index (χ2v) is 4.50. The van der Waals surface area contributed by atoms with E-state index in [9.17, 15) is 0 Å². The van der Waals surface area contributed by atoms with Crippen molar-refractivity contribution in [2.75, 3.05) is 5.32 Å². The van der Waals surface area contributed by atoms with E-state index in [0.717, 1.165) is 23.3 Å². The quantitative estimate of drug-likeness (QED) is 0.668. The molecule has 1 aliphatic rings. The Morgan fingerprint density at radius 3 is 3.20 bits per heavy atom. The number of imidazole rings is 1. The molecule has 4 heteroatoms. The number of benzene rings is 1. The molecule has 0 aliphatic carbocycles. The van der Waals surface area contributed by atoms with Crippen molar-refractivity contribution in [1.29, 1.82) is 0 Å². The zero-order valence-electron chi connectivity index (χ0n) is 8.58. The fourth-order valence-electron chi connectivity index (χ4n) is 2.21. The van der Waals surface area contributed by atoms with Crippen LogP contribution in [-0.4, -0.2) is 15.6 Å². The van der Waals surface area contributed by atoms with E-state index in [4.69, 9.17) is 12.2 Å². The maximum absolute atomic E-state index is 5.32. The molecule has 78 valence electrons. The van der Waals surface area contributed by atoms with Gasteiger partial charge in [0.1, 0.15) is 0 Å². The van der Waals surface area contributed by atoms with Crippen LogP contribution in [0, 0.1) is 4.77 Å². The molecule has 0 bridgehead atoms. The lowest BCUT2D eigenvalue weighted by molar-refractivity contribution is 0.610. The Kier molecular flexibility index (Phi) is 1.85. The second kappa shape index (κ2) is 3.10. The van der Waals surface area contributed by atoms with Crippen LogP contribution < -0.4 is 5.32 Å². The van der Waals surface area contributed by atoms with E-state index in [1.165, 1.54) is 11.2 Å². The van der Waals surface area contributed by atoms with Gasteiger partial charge in [-0.1, -0.05) is 6.07 Å². The van der Waals surface area contributed by atoms with Gasteiger partial charge in [0, 0.05) is 12.6 Å². The summed E-state index contributed by atoms with van der Waals surface area (Å²) in [5, 5.41) is 3.51. The highest BCUT2D eigenvalue weighted by atomic mass is 32.1. The molecular weight excluding hydrogens is 206 g/mol. The van der Waals surface area contributed by atoms with Crippen molar-refractivity contribution >= 4 is 28.9 Å². The van der Waals surface area contributed by atoms with Crippen LogP contribution in [0.2, 0.25) is 0 Å². The summed E-state index contributed by atoms with van der Waals surface area (Å²) in [6, 6.07) is 6.75. The van der Waals surface area contributed by atoms with Gasteiger partial charge in [-0.15, -0.1) is 0 Å². The van der Waals surface area contributed by atoms with Gasteiger partial charge in [0.15, 0.2) is 4.77 Å². The van der Waals surface area contributed by atoms with Crippen molar-refractivity contribution in [2.24, 2.45) is 0 Å². The predicted octanol–water partition coefficient (Wildman–Crippen LogP) is 2.90. The molecule has 0 saturated heterocycles. The number of hydrogen-bond acceptors (Lipinski definition) is 2. The maximum Gasteiger partial charge on any atom is 0.178 e. The number of H-pyrrole nitrogens is 1. The van der Waals surface area contributed by atoms with E-state index in [-0.39, 0.29) is 0 Å². The topological polar surface area (TPSA) is 32.8 Å².